The van der Waals surface area contributed by atoms with Crippen molar-refractivity contribution in [2.24, 2.45) is 4.99 Å². The van der Waals surface area contributed by atoms with Crippen LogP contribution in [0.15, 0.2) is 29.3 Å². The minimum Gasteiger partial charge on any atom is -0.480 e. The Bertz CT molecular complexity index is 964. The number of aliphatic carboxylic acids is 5. The maximum atomic E-state index is 11.6. The van der Waals surface area contributed by atoms with E-state index in [0.717, 1.165) is 9.80 Å². The Kier molecular flexibility index (Phi) is 11.6. The average Bonchev–Trinajstić information content (AvgIpc) is 2.71. The predicted molar refractivity (Wildman–Crippen MR) is 122 cm³/mol. The molecule has 0 radical (unpaired) electrons. The Hall–Kier alpha value is -3.75. The van der Waals surface area contributed by atoms with Crippen LogP contribution in [-0.2, 0) is 30.4 Å². The van der Waals surface area contributed by atoms with E-state index >= 15 is 0 Å². The van der Waals surface area contributed by atoms with Gasteiger partial charge in [-0.15, -0.1) is 0 Å². The molecule has 0 amide bonds. The van der Waals surface area contributed by atoms with E-state index in [1.54, 1.807) is 12.1 Å². The molecule has 1 rings (SSSR count). The summed E-state index contributed by atoms with van der Waals surface area (Å²) >= 11 is 4.54. The largest absolute Gasteiger partial charge is 0.480 e. The van der Waals surface area contributed by atoms with Crippen molar-refractivity contribution in [3.63, 3.8) is 0 Å². The van der Waals surface area contributed by atoms with Crippen LogP contribution < -0.4 is 5.32 Å². The summed E-state index contributed by atoms with van der Waals surface area (Å²) in [5, 5.41) is 51.4. The summed E-state index contributed by atoms with van der Waals surface area (Å²) in [4.78, 5) is 62.9. The Morgan fingerprint density at radius 2 is 1.31 bits per heavy atom. The van der Waals surface area contributed by atoms with Crippen molar-refractivity contribution >= 4 is 52.9 Å². The third kappa shape index (κ3) is 10.8. The summed E-state index contributed by atoms with van der Waals surface area (Å²) in [6.45, 7) is -4.64. The number of nitrogens with zero attached hydrogens (tertiary/aromatic N) is 3. The molecule has 190 valence electrons. The van der Waals surface area contributed by atoms with Crippen LogP contribution in [-0.4, -0.2) is 115 Å². The molecule has 14 nitrogen and oxygen atoms in total. The molecule has 0 saturated carbocycles. The number of nitrogens with one attached hydrogen (secondary N) is 1. The number of carbonyl (C=O) groups is 5. The van der Waals surface area contributed by atoms with Gasteiger partial charge in [-0.3, -0.25) is 39.1 Å². The van der Waals surface area contributed by atoms with E-state index in [0.29, 0.717) is 11.3 Å². The van der Waals surface area contributed by atoms with Gasteiger partial charge >= 0.3 is 29.8 Å². The van der Waals surface area contributed by atoms with Crippen LogP contribution in [0.2, 0.25) is 0 Å². The summed E-state index contributed by atoms with van der Waals surface area (Å²) in [6, 6.07) is 6.14. The number of thiocarbonyl (C=S) groups is 1. The number of hydrogen-bond donors (Lipinski definition) is 6. The summed E-state index contributed by atoms with van der Waals surface area (Å²) in [7, 11) is 0. The molecule has 1 unspecified atom stereocenters. The van der Waals surface area contributed by atoms with E-state index in [9.17, 15) is 49.5 Å². The first-order valence-electron chi connectivity index (χ1n) is 9.85. The fraction of sp³-hybridized carbons (Fsp3) is 0.400. The van der Waals surface area contributed by atoms with Gasteiger partial charge in [-0.1, -0.05) is 12.1 Å². The maximum Gasteiger partial charge on any atom is 0.317 e. The second-order valence-electron chi connectivity index (χ2n) is 7.40. The quantitative estimate of drug-likeness (QED) is 0.0862. The van der Waals surface area contributed by atoms with Crippen LogP contribution in [0.1, 0.15) is 5.56 Å². The van der Waals surface area contributed by atoms with Crippen molar-refractivity contribution in [3.05, 3.63) is 29.8 Å². The molecule has 0 aromatic heterocycles. The molecule has 6 N–H and O–H groups in total. The van der Waals surface area contributed by atoms with Gasteiger partial charge in [0.2, 0.25) is 0 Å². The maximum absolute atomic E-state index is 11.6. The standard InChI is InChI=1S/C20H24N4O10S/c25-15(26)6-22-20(24(9-18(31)32)10-19(33)34,11-23(7-16(27)28)8-17(29)30)5-13-1-3-14(4-2-13)21-12-35/h1-4,22H,5-11H2,(H,25,26)(H,27,28)(H,29,30)(H,31,32)(H,33,34). The minimum atomic E-state index is -1.82. The van der Waals surface area contributed by atoms with Gasteiger partial charge in [0.1, 0.15) is 0 Å². The van der Waals surface area contributed by atoms with Gasteiger partial charge < -0.3 is 25.5 Å². The van der Waals surface area contributed by atoms with Crippen LogP contribution in [0.5, 0.6) is 0 Å². The molecule has 35 heavy (non-hydrogen) atoms. The van der Waals surface area contributed by atoms with Crippen molar-refractivity contribution in [2.75, 3.05) is 39.3 Å². The molecule has 1 atom stereocenters. The Morgan fingerprint density at radius 1 is 0.829 bits per heavy atom. The summed E-state index contributed by atoms with van der Waals surface area (Å²) < 4.78 is 0. The fourth-order valence-corrected chi connectivity index (χ4v) is 3.53. The lowest BCUT2D eigenvalue weighted by molar-refractivity contribution is -0.151. The van der Waals surface area contributed by atoms with Crippen molar-refractivity contribution < 1.29 is 49.5 Å². The highest BCUT2D eigenvalue weighted by molar-refractivity contribution is 7.78. The molecule has 0 fully saturated rings. The Labute approximate surface area is 204 Å². The number of carboxylic acid groups (broad SMARTS) is 5. The third-order valence-electron chi connectivity index (χ3n) is 4.64. The molecule has 0 aliphatic rings. The molecular formula is C20H24N4O10S. The zero-order chi connectivity index (χ0) is 26.6. The van der Waals surface area contributed by atoms with E-state index in [-0.39, 0.29) is 6.42 Å². The number of isothiocyanates is 1. The smallest absolute Gasteiger partial charge is 0.317 e. The highest BCUT2D eigenvalue weighted by atomic mass is 32.1. The van der Waals surface area contributed by atoms with E-state index < -0.39 is 74.8 Å². The molecule has 0 heterocycles. The van der Waals surface area contributed by atoms with Gasteiger partial charge in [0.25, 0.3) is 0 Å². The fourth-order valence-electron chi connectivity index (χ4n) is 3.42. The van der Waals surface area contributed by atoms with Crippen LogP contribution >= 0.6 is 12.2 Å². The van der Waals surface area contributed by atoms with Crippen LogP contribution in [0.3, 0.4) is 0 Å². The van der Waals surface area contributed by atoms with Crippen molar-refractivity contribution in [1.29, 1.82) is 0 Å². The molecule has 15 heteroatoms. The molecular weight excluding hydrogens is 488 g/mol. The third-order valence-corrected chi connectivity index (χ3v) is 4.73. The van der Waals surface area contributed by atoms with Crippen LogP contribution in [0.4, 0.5) is 5.69 Å². The topological polar surface area (TPSA) is 217 Å². The zero-order valence-electron chi connectivity index (χ0n) is 18.3. The highest BCUT2D eigenvalue weighted by Gasteiger charge is 2.41. The number of aliphatic imine (C=N–C) groups is 1. The van der Waals surface area contributed by atoms with Crippen molar-refractivity contribution in [3.8, 4) is 0 Å². The van der Waals surface area contributed by atoms with Crippen LogP contribution in [0, 0.1) is 0 Å². The molecule has 0 saturated heterocycles. The lowest BCUT2D eigenvalue weighted by Gasteiger charge is -2.45. The van der Waals surface area contributed by atoms with Crippen molar-refractivity contribution in [2.45, 2.75) is 12.1 Å². The SMILES string of the molecule is O=C(O)CNC(Cc1ccc(N=C=S)cc1)(CN(CC(=O)O)CC(=O)O)N(CC(=O)O)CC(=O)O. The van der Waals surface area contributed by atoms with Gasteiger partial charge in [0.15, 0.2) is 0 Å². The first-order chi connectivity index (χ1) is 16.4. The summed E-state index contributed by atoms with van der Waals surface area (Å²) in [5.74, 6) is -7.05. The molecule has 0 aliphatic carbocycles. The molecule has 0 spiro atoms. The Balaban J connectivity index is 3.67. The van der Waals surface area contributed by atoms with E-state index in [4.69, 9.17) is 0 Å². The second kappa shape index (κ2) is 13.8. The lowest BCUT2D eigenvalue weighted by atomic mass is 9.95. The van der Waals surface area contributed by atoms with Gasteiger partial charge in [-0.2, -0.15) is 4.99 Å². The number of carboxylic acids is 5. The lowest BCUT2D eigenvalue weighted by Crippen LogP contribution is -2.68. The van der Waals surface area contributed by atoms with Crippen molar-refractivity contribution in [1.82, 2.24) is 15.1 Å². The first kappa shape index (κ1) is 29.3. The Morgan fingerprint density at radius 3 is 1.71 bits per heavy atom. The number of benzene rings is 1. The van der Waals surface area contributed by atoms with E-state index in [1.807, 2.05) is 0 Å². The van der Waals surface area contributed by atoms with Gasteiger partial charge in [-0.25, -0.2) is 0 Å². The normalized spacial score (nSPS) is 12.5. The number of hydrogen-bond acceptors (Lipinski definition) is 10. The molecule has 1 aromatic carbocycles. The molecule has 0 bridgehead atoms. The summed E-state index contributed by atoms with van der Waals surface area (Å²) in [6.07, 6.45) is -0.224. The zero-order valence-corrected chi connectivity index (χ0v) is 19.1. The minimum absolute atomic E-state index is 0.224. The highest BCUT2D eigenvalue weighted by Crippen LogP contribution is 2.23. The number of rotatable bonds is 17. The monoisotopic (exact) mass is 512 g/mol. The predicted octanol–water partition coefficient (Wildman–Crippen LogP) is -0.724. The van der Waals surface area contributed by atoms with Crippen LogP contribution in [0.25, 0.3) is 0 Å². The molecule has 1 aromatic rings. The molecule has 0 aliphatic heterocycles. The second-order valence-corrected chi connectivity index (χ2v) is 7.58. The van der Waals surface area contributed by atoms with E-state index in [2.05, 4.69) is 27.7 Å². The first-order valence-corrected chi connectivity index (χ1v) is 10.3. The van der Waals surface area contributed by atoms with Gasteiger partial charge in [0, 0.05) is 13.0 Å². The van der Waals surface area contributed by atoms with Gasteiger partial charge in [-0.05, 0) is 29.9 Å². The summed E-state index contributed by atoms with van der Waals surface area (Å²) in [5.41, 5.74) is -0.939. The van der Waals surface area contributed by atoms with E-state index in [1.165, 1.54) is 12.1 Å². The van der Waals surface area contributed by atoms with Gasteiger partial charge in [0.05, 0.1) is 49.2 Å². The average molecular weight is 512 g/mol.